The summed E-state index contributed by atoms with van der Waals surface area (Å²) < 4.78 is 4.80. The molecule has 0 aliphatic carbocycles. The van der Waals surface area contributed by atoms with Gasteiger partial charge in [0, 0.05) is 32.9 Å². The molecule has 0 atom stereocenters. The minimum Gasteiger partial charge on any atom is -0.309 e. The summed E-state index contributed by atoms with van der Waals surface area (Å²) >= 11 is 0. The molecule has 0 aliphatic rings. The van der Waals surface area contributed by atoms with Crippen LogP contribution in [-0.4, -0.2) is 9.13 Å². The molecular weight excluding hydrogens is 484 g/mol. The van der Waals surface area contributed by atoms with Gasteiger partial charge in [0.1, 0.15) is 0 Å². The molecule has 0 spiro atoms. The molecule has 0 radical (unpaired) electrons. The zero-order chi connectivity index (χ0) is 26.8. The molecule has 0 amide bonds. The van der Waals surface area contributed by atoms with Crippen LogP contribution in [0.1, 0.15) is 11.1 Å². The molecular formula is C38H28N2. The number of aromatic nitrogens is 2. The average Bonchev–Trinajstić information content (AvgIpc) is 3.50. The van der Waals surface area contributed by atoms with Crippen molar-refractivity contribution in [3.8, 4) is 22.5 Å². The fourth-order valence-electron chi connectivity index (χ4n) is 6.32. The third-order valence-corrected chi connectivity index (χ3v) is 8.23. The van der Waals surface area contributed by atoms with Gasteiger partial charge in [-0.3, -0.25) is 0 Å². The lowest BCUT2D eigenvalue weighted by Crippen LogP contribution is -1.95. The maximum atomic E-state index is 2.41. The van der Waals surface area contributed by atoms with Gasteiger partial charge >= 0.3 is 0 Å². The molecule has 0 N–H and O–H groups in total. The Bertz CT molecular complexity index is 2230. The minimum atomic E-state index is 1.18. The zero-order valence-electron chi connectivity index (χ0n) is 22.6. The molecule has 2 heteroatoms. The first-order chi connectivity index (χ1) is 19.7. The molecule has 0 bridgehead atoms. The summed E-state index contributed by atoms with van der Waals surface area (Å²) in [7, 11) is 0. The summed E-state index contributed by atoms with van der Waals surface area (Å²) in [6.45, 7) is 4.30. The highest BCUT2D eigenvalue weighted by Gasteiger charge is 2.16. The number of benzene rings is 6. The molecule has 2 nitrogen and oxygen atoms in total. The summed E-state index contributed by atoms with van der Waals surface area (Å²) in [5.41, 5.74) is 12.2. The molecule has 40 heavy (non-hydrogen) atoms. The second kappa shape index (κ2) is 8.72. The number of hydrogen-bond acceptors (Lipinski definition) is 0. The molecule has 2 heterocycles. The van der Waals surface area contributed by atoms with Crippen LogP contribution >= 0.6 is 0 Å². The first-order valence-electron chi connectivity index (χ1n) is 13.9. The van der Waals surface area contributed by atoms with Crippen molar-refractivity contribution in [1.82, 2.24) is 9.13 Å². The fourth-order valence-corrected chi connectivity index (χ4v) is 6.32. The van der Waals surface area contributed by atoms with Gasteiger partial charge in [0.2, 0.25) is 0 Å². The highest BCUT2D eigenvalue weighted by atomic mass is 15.0. The Morgan fingerprint density at radius 2 is 0.875 bits per heavy atom. The lowest BCUT2D eigenvalue weighted by molar-refractivity contribution is 1.17. The monoisotopic (exact) mass is 512 g/mol. The van der Waals surface area contributed by atoms with E-state index in [-0.39, 0.29) is 0 Å². The van der Waals surface area contributed by atoms with E-state index in [4.69, 9.17) is 0 Å². The maximum Gasteiger partial charge on any atom is 0.0547 e. The van der Waals surface area contributed by atoms with Gasteiger partial charge < -0.3 is 9.13 Å². The molecule has 0 saturated heterocycles. The van der Waals surface area contributed by atoms with E-state index >= 15 is 0 Å². The van der Waals surface area contributed by atoms with Crippen molar-refractivity contribution in [1.29, 1.82) is 0 Å². The normalized spacial score (nSPS) is 11.8. The largest absolute Gasteiger partial charge is 0.309 e. The third-order valence-electron chi connectivity index (χ3n) is 8.23. The number of aryl methyl sites for hydroxylation is 2. The topological polar surface area (TPSA) is 9.86 Å². The molecule has 6 aromatic carbocycles. The van der Waals surface area contributed by atoms with Crippen LogP contribution in [0.5, 0.6) is 0 Å². The van der Waals surface area contributed by atoms with Gasteiger partial charge in [-0.15, -0.1) is 0 Å². The standard InChI is InChI=1S/C38H28N2/c1-25-14-18-29(19-15-25)39-35-12-5-3-10-31(35)33-20-16-27(23-37(33)39)28-17-21-34-32-11-4-6-13-36(32)40(38(34)24-28)30-9-7-8-26(2)22-30/h3-24H,1-2H3. The highest BCUT2D eigenvalue weighted by molar-refractivity contribution is 6.12. The minimum absolute atomic E-state index is 1.18. The molecule has 2 aromatic heterocycles. The Hall–Kier alpha value is -5.08. The number of para-hydroxylation sites is 2. The van der Waals surface area contributed by atoms with Crippen LogP contribution in [0, 0.1) is 13.8 Å². The third kappa shape index (κ3) is 3.43. The van der Waals surface area contributed by atoms with Crippen molar-refractivity contribution in [2.75, 3.05) is 0 Å². The van der Waals surface area contributed by atoms with Crippen LogP contribution in [0.2, 0.25) is 0 Å². The van der Waals surface area contributed by atoms with Gasteiger partial charge in [0.25, 0.3) is 0 Å². The predicted octanol–water partition coefficient (Wildman–Crippen LogP) is 10.2. The number of hydrogen-bond donors (Lipinski definition) is 0. The molecule has 8 rings (SSSR count). The second-order valence-electron chi connectivity index (χ2n) is 10.8. The van der Waals surface area contributed by atoms with E-state index < -0.39 is 0 Å². The summed E-state index contributed by atoms with van der Waals surface area (Å²) in [6.07, 6.45) is 0. The molecule has 0 saturated carbocycles. The van der Waals surface area contributed by atoms with Crippen molar-refractivity contribution < 1.29 is 0 Å². The second-order valence-corrected chi connectivity index (χ2v) is 10.8. The Balaban J connectivity index is 1.39. The van der Waals surface area contributed by atoms with Crippen molar-refractivity contribution in [3.05, 3.63) is 145 Å². The van der Waals surface area contributed by atoms with Gasteiger partial charge in [-0.25, -0.2) is 0 Å². The van der Waals surface area contributed by atoms with Gasteiger partial charge in [-0.05, 0) is 79.1 Å². The molecule has 8 aromatic rings. The van der Waals surface area contributed by atoms with Crippen molar-refractivity contribution in [3.63, 3.8) is 0 Å². The van der Waals surface area contributed by atoms with E-state index in [0.29, 0.717) is 0 Å². The SMILES string of the molecule is Cc1ccc(-n2c3ccccc3c3ccc(-c4ccc5c6ccccc6n(-c6cccc(C)c6)c5c4)cc32)cc1. The van der Waals surface area contributed by atoms with Gasteiger partial charge in [-0.1, -0.05) is 90.5 Å². The van der Waals surface area contributed by atoms with E-state index in [9.17, 15) is 0 Å². The van der Waals surface area contributed by atoms with Crippen LogP contribution in [0.15, 0.2) is 133 Å². The first kappa shape index (κ1) is 22.9. The summed E-state index contributed by atoms with van der Waals surface area (Å²) in [6, 6.07) is 48.9. The van der Waals surface area contributed by atoms with Gasteiger partial charge in [0.05, 0.1) is 22.1 Å². The summed E-state index contributed by atoms with van der Waals surface area (Å²) in [5.74, 6) is 0. The fraction of sp³-hybridized carbons (Fsp3) is 0.0526. The summed E-state index contributed by atoms with van der Waals surface area (Å²) in [4.78, 5) is 0. The smallest absolute Gasteiger partial charge is 0.0547 e. The Kier molecular flexibility index (Phi) is 4.99. The molecule has 190 valence electrons. The van der Waals surface area contributed by atoms with Crippen LogP contribution in [0.3, 0.4) is 0 Å². The Morgan fingerprint density at radius 1 is 0.350 bits per heavy atom. The van der Waals surface area contributed by atoms with E-state index in [1.54, 1.807) is 0 Å². The number of rotatable bonds is 3. The lowest BCUT2D eigenvalue weighted by Gasteiger charge is -2.11. The van der Waals surface area contributed by atoms with E-state index in [1.165, 1.54) is 77.2 Å². The quantitative estimate of drug-likeness (QED) is 0.223. The molecule has 0 aliphatic heterocycles. The molecule has 0 fully saturated rings. The average molecular weight is 513 g/mol. The maximum absolute atomic E-state index is 2.41. The molecule has 0 unspecified atom stereocenters. The van der Waals surface area contributed by atoms with Crippen LogP contribution < -0.4 is 0 Å². The Morgan fingerprint density at radius 3 is 1.45 bits per heavy atom. The Labute approximate surface area is 233 Å². The van der Waals surface area contributed by atoms with E-state index in [0.717, 1.165) is 0 Å². The van der Waals surface area contributed by atoms with Crippen molar-refractivity contribution >= 4 is 43.6 Å². The van der Waals surface area contributed by atoms with Crippen molar-refractivity contribution in [2.45, 2.75) is 13.8 Å². The van der Waals surface area contributed by atoms with E-state index in [2.05, 4.69) is 156 Å². The van der Waals surface area contributed by atoms with E-state index in [1.807, 2.05) is 0 Å². The van der Waals surface area contributed by atoms with Crippen molar-refractivity contribution in [2.24, 2.45) is 0 Å². The number of fused-ring (bicyclic) bond motifs is 6. The van der Waals surface area contributed by atoms with Gasteiger partial charge in [-0.2, -0.15) is 0 Å². The van der Waals surface area contributed by atoms with Crippen LogP contribution in [0.4, 0.5) is 0 Å². The highest BCUT2D eigenvalue weighted by Crippen LogP contribution is 2.38. The lowest BCUT2D eigenvalue weighted by atomic mass is 10.0. The van der Waals surface area contributed by atoms with Gasteiger partial charge in [0.15, 0.2) is 0 Å². The van der Waals surface area contributed by atoms with Crippen LogP contribution in [0.25, 0.3) is 66.1 Å². The first-order valence-corrected chi connectivity index (χ1v) is 13.9. The summed E-state index contributed by atoms with van der Waals surface area (Å²) in [5, 5.41) is 5.10. The van der Waals surface area contributed by atoms with Crippen LogP contribution in [-0.2, 0) is 0 Å². The zero-order valence-corrected chi connectivity index (χ0v) is 22.6. The predicted molar refractivity (Wildman–Crippen MR) is 170 cm³/mol. The number of nitrogens with zero attached hydrogens (tertiary/aromatic N) is 2.